The highest BCUT2D eigenvalue weighted by Crippen LogP contribution is 2.21. The van der Waals surface area contributed by atoms with Crippen LogP contribution in [-0.4, -0.2) is 11.0 Å². The molecular weight excluding hydrogens is 328 g/mol. The van der Waals surface area contributed by atoms with E-state index in [1.165, 1.54) is 0 Å². The molecule has 3 rings (SSSR count). The maximum atomic E-state index is 12.3. The highest BCUT2D eigenvalue weighted by Gasteiger charge is 2.16. The second-order valence-electron chi connectivity index (χ2n) is 5.55. The number of hydrogen-bond acceptors (Lipinski definition) is 2. The topological polar surface area (TPSA) is 41.1 Å². The zero-order valence-corrected chi connectivity index (χ0v) is 14.4. The number of hydrogen-bond donors (Lipinski definition) is 2. The molecule has 0 atom stereocenters. The molecular formula is C21H18N2OS. The molecule has 3 aromatic rings. The molecule has 0 saturated carbocycles. The van der Waals surface area contributed by atoms with Gasteiger partial charge in [-0.3, -0.25) is 10.1 Å². The maximum Gasteiger partial charge on any atom is 0.257 e. The zero-order valence-electron chi connectivity index (χ0n) is 13.6. The third-order valence-corrected chi connectivity index (χ3v) is 4.02. The van der Waals surface area contributed by atoms with Crippen LogP contribution in [0, 0.1) is 0 Å². The Kier molecular flexibility index (Phi) is 5.54. The van der Waals surface area contributed by atoms with Crippen LogP contribution < -0.4 is 10.6 Å². The smallest absolute Gasteiger partial charge is 0.257 e. The molecule has 0 aromatic heterocycles. The minimum atomic E-state index is -0.224. The predicted octanol–water partition coefficient (Wildman–Crippen LogP) is 4.08. The van der Waals surface area contributed by atoms with Crippen molar-refractivity contribution in [1.29, 1.82) is 0 Å². The van der Waals surface area contributed by atoms with Gasteiger partial charge >= 0.3 is 0 Å². The highest BCUT2D eigenvalue weighted by atomic mass is 32.1. The first-order valence-electron chi connectivity index (χ1n) is 8.01. The molecule has 0 heterocycles. The summed E-state index contributed by atoms with van der Waals surface area (Å²) in [4.78, 5) is 12.3. The standard InChI is InChI=1S/C21H18N2OS/c24-20(18-14-8-3-9-15-18)23-21(25)22-19(16-10-4-1-5-11-16)17-12-6-2-7-13-17/h1-15,19H,(H2,22,23,24,25). The monoisotopic (exact) mass is 346 g/mol. The Morgan fingerprint density at radius 2 is 1.16 bits per heavy atom. The Morgan fingerprint density at radius 1 is 0.720 bits per heavy atom. The van der Waals surface area contributed by atoms with Gasteiger partial charge in [0.25, 0.3) is 5.91 Å². The first kappa shape index (κ1) is 16.9. The van der Waals surface area contributed by atoms with E-state index in [0.717, 1.165) is 11.1 Å². The lowest BCUT2D eigenvalue weighted by Crippen LogP contribution is -2.41. The summed E-state index contributed by atoms with van der Waals surface area (Å²) < 4.78 is 0. The molecule has 3 nitrogen and oxygen atoms in total. The van der Waals surface area contributed by atoms with Crippen molar-refractivity contribution >= 4 is 23.2 Å². The van der Waals surface area contributed by atoms with Crippen LogP contribution in [0.3, 0.4) is 0 Å². The van der Waals surface area contributed by atoms with Gasteiger partial charge in [-0.05, 0) is 35.5 Å². The van der Waals surface area contributed by atoms with Crippen molar-refractivity contribution < 1.29 is 4.79 Å². The number of rotatable bonds is 4. The van der Waals surface area contributed by atoms with Crippen LogP contribution in [0.15, 0.2) is 91.0 Å². The van der Waals surface area contributed by atoms with E-state index < -0.39 is 0 Å². The average molecular weight is 346 g/mol. The minimum Gasteiger partial charge on any atom is -0.351 e. The van der Waals surface area contributed by atoms with Gasteiger partial charge in [0.05, 0.1) is 6.04 Å². The predicted molar refractivity (Wildman–Crippen MR) is 104 cm³/mol. The van der Waals surface area contributed by atoms with E-state index in [4.69, 9.17) is 12.2 Å². The van der Waals surface area contributed by atoms with Crippen molar-refractivity contribution in [3.05, 3.63) is 108 Å². The van der Waals surface area contributed by atoms with Crippen LogP contribution >= 0.6 is 12.2 Å². The summed E-state index contributed by atoms with van der Waals surface area (Å²) >= 11 is 5.36. The zero-order chi connectivity index (χ0) is 17.5. The average Bonchev–Trinajstić information content (AvgIpc) is 2.68. The lowest BCUT2D eigenvalue weighted by Gasteiger charge is -2.21. The molecule has 4 heteroatoms. The Bertz CT molecular complexity index is 796. The number of amides is 1. The lowest BCUT2D eigenvalue weighted by atomic mass is 9.99. The molecule has 0 unspecified atom stereocenters. The molecule has 0 radical (unpaired) electrons. The molecule has 2 N–H and O–H groups in total. The third kappa shape index (κ3) is 4.52. The molecule has 0 saturated heterocycles. The summed E-state index contributed by atoms with van der Waals surface area (Å²) in [5, 5.41) is 6.30. The van der Waals surface area contributed by atoms with Crippen LogP contribution in [0.4, 0.5) is 0 Å². The fourth-order valence-corrected chi connectivity index (χ4v) is 2.79. The van der Waals surface area contributed by atoms with Gasteiger partial charge in [-0.2, -0.15) is 0 Å². The lowest BCUT2D eigenvalue weighted by molar-refractivity contribution is 0.0976. The summed E-state index contributed by atoms with van der Waals surface area (Å²) in [7, 11) is 0. The van der Waals surface area contributed by atoms with Gasteiger partial charge in [0, 0.05) is 5.56 Å². The molecule has 124 valence electrons. The van der Waals surface area contributed by atoms with Gasteiger partial charge in [0.1, 0.15) is 0 Å². The SMILES string of the molecule is O=C(NC(=S)NC(c1ccccc1)c1ccccc1)c1ccccc1. The van der Waals surface area contributed by atoms with E-state index in [1.807, 2.05) is 78.9 Å². The second-order valence-corrected chi connectivity index (χ2v) is 5.96. The number of thiocarbonyl (C=S) groups is 1. The van der Waals surface area contributed by atoms with Gasteiger partial charge in [0.15, 0.2) is 5.11 Å². The fraction of sp³-hybridized carbons (Fsp3) is 0.0476. The molecule has 0 aliphatic rings. The molecule has 0 aliphatic heterocycles. The molecule has 0 aliphatic carbocycles. The molecule has 25 heavy (non-hydrogen) atoms. The van der Waals surface area contributed by atoms with E-state index in [2.05, 4.69) is 10.6 Å². The van der Waals surface area contributed by atoms with E-state index >= 15 is 0 Å². The van der Waals surface area contributed by atoms with E-state index in [9.17, 15) is 4.79 Å². The summed E-state index contributed by atoms with van der Waals surface area (Å²) in [5.41, 5.74) is 2.72. The Labute approximate surface area is 152 Å². The Hall–Kier alpha value is -2.98. The summed E-state index contributed by atoms with van der Waals surface area (Å²) in [6, 6.07) is 28.9. The van der Waals surface area contributed by atoms with Crippen molar-refractivity contribution in [2.75, 3.05) is 0 Å². The van der Waals surface area contributed by atoms with Gasteiger partial charge < -0.3 is 5.32 Å². The summed E-state index contributed by atoms with van der Waals surface area (Å²) in [6.45, 7) is 0. The second kappa shape index (κ2) is 8.22. The van der Waals surface area contributed by atoms with Crippen molar-refractivity contribution in [1.82, 2.24) is 10.6 Å². The van der Waals surface area contributed by atoms with E-state index in [1.54, 1.807) is 12.1 Å². The number of carbonyl (C=O) groups excluding carboxylic acids is 1. The van der Waals surface area contributed by atoms with Gasteiger partial charge in [-0.1, -0.05) is 78.9 Å². The maximum absolute atomic E-state index is 12.3. The minimum absolute atomic E-state index is 0.133. The summed E-state index contributed by atoms with van der Waals surface area (Å²) in [5.74, 6) is -0.224. The van der Waals surface area contributed by atoms with Crippen LogP contribution in [0.25, 0.3) is 0 Å². The first-order chi connectivity index (χ1) is 12.2. The van der Waals surface area contributed by atoms with Crippen LogP contribution in [-0.2, 0) is 0 Å². The Morgan fingerprint density at radius 3 is 1.64 bits per heavy atom. The van der Waals surface area contributed by atoms with Crippen LogP contribution in [0.5, 0.6) is 0 Å². The fourth-order valence-electron chi connectivity index (χ4n) is 2.58. The van der Waals surface area contributed by atoms with Gasteiger partial charge in [-0.15, -0.1) is 0 Å². The van der Waals surface area contributed by atoms with Crippen molar-refractivity contribution in [2.24, 2.45) is 0 Å². The molecule has 3 aromatic carbocycles. The summed E-state index contributed by atoms with van der Waals surface area (Å²) in [6.07, 6.45) is 0. The number of nitrogens with one attached hydrogen (secondary N) is 2. The highest BCUT2D eigenvalue weighted by molar-refractivity contribution is 7.80. The van der Waals surface area contributed by atoms with E-state index in [-0.39, 0.29) is 11.9 Å². The molecule has 1 amide bonds. The number of carbonyl (C=O) groups is 1. The van der Waals surface area contributed by atoms with Gasteiger partial charge in [0.2, 0.25) is 0 Å². The largest absolute Gasteiger partial charge is 0.351 e. The van der Waals surface area contributed by atoms with Gasteiger partial charge in [-0.25, -0.2) is 0 Å². The van der Waals surface area contributed by atoms with Crippen molar-refractivity contribution in [3.63, 3.8) is 0 Å². The molecule has 0 spiro atoms. The third-order valence-electron chi connectivity index (χ3n) is 3.80. The molecule has 0 fully saturated rings. The first-order valence-corrected chi connectivity index (χ1v) is 8.41. The quantitative estimate of drug-likeness (QED) is 0.700. The number of benzene rings is 3. The normalized spacial score (nSPS) is 10.3. The van der Waals surface area contributed by atoms with Crippen molar-refractivity contribution in [3.8, 4) is 0 Å². The van der Waals surface area contributed by atoms with Crippen LogP contribution in [0.2, 0.25) is 0 Å². The Balaban J connectivity index is 1.76. The van der Waals surface area contributed by atoms with Crippen molar-refractivity contribution in [2.45, 2.75) is 6.04 Å². The molecule has 0 bridgehead atoms. The van der Waals surface area contributed by atoms with Crippen LogP contribution in [0.1, 0.15) is 27.5 Å². The van der Waals surface area contributed by atoms with E-state index in [0.29, 0.717) is 10.7 Å².